The lowest BCUT2D eigenvalue weighted by atomic mass is 9.88. The lowest BCUT2D eigenvalue weighted by Gasteiger charge is -2.27. The molecule has 0 bridgehead atoms. The van der Waals surface area contributed by atoms with Gasteiger partial charge in [0.15, 0.2) is 0 Å². The molecule has 0 heterocycles. The number of aliphatic hydroxyl groups excluding tert-OH is 1. The lowest BCUT2D eigenvalue weighted by molar-refractivity contribution is 0.129. The molecule has 1 saturated carbocycles. The van der Waals surface area contributed by atoms with Crippen LogP contribution in [0.15, 0.2) is 24.3 Å². The van der Waals surface area contributed by atoms with Gasteiger partial charge in [0.05, 0.1) is 11.7 Å². The van der Waals surface area contributed by atoms with Crippen LogP contribution in [0.1, 0.15) is 38.2 Å². The van der Waals surface area contributed by atoms with E-state index in [9.17, 15) is 0 Å². The van der Waals surface area contributed by atoms with Gasteiger partial charge in [-0.1, -0.05) is 37.3 Å². The molecule has 96 valence electrons. The van der Waals surface area contributed by atoms with Gasteiger partial charge in [-0.15, -0.1) is 0 Å². The van der Waals surface area contributed by atoms with Crippen molar-refractivity contribution in [2.75, 3.05) is 6.61 Å². The smallest absolute Gasteiger partial charge is 0.135 e. The van der Waals surface area contributed by atoms with Crippen LogP contribution in [0.2, 0.25) is 0 Å². The molecule has 1 fully saturated rings. The van der Waals surface area contributed by atoms with Gasteiger partial charge in [-0.05, 0) is 37.3 Å². The fourth-order valence-corrected chi connectivity index (χ4v) is 2.47. The van der Waals surface area contributed by atoms with Crippen LogP contribution in [0.4, 0.5) is 0 Å². The summed E-state index contributed by atoms with van der Waals surface area (Å²) < 4.78 is 6.07. The highest BCUT2D eigenvalue weighted by molar-refractivity contribution is 5.46. The van der Waals surface area contributed by atoms with E-state index in [0.29, 0.717) is 6.10 Å². The third kappa shape index (κ3) is 3.51. The first-order valence-electron chi connectivity index (χ1n) is 6.65. The van der Waals surface area contributed by atoms with Crippen LogP contribution in [0, 0.1) is 17.8 Å². The van der Waals surface area contributed by atoms with E-state index in [1.165, 1.54) is 12.8 Å². The number of para-hydroxylation sites is 1. The standard InChI is InChI=1S/C16H20O2/c1-13-6-4-9-15(12-13)18-16-10-3-2-7-14(16)8-5-11-17/h2-3,7,10,13,15,17H,4,6,9,11-12H2,1H3. The molecule has 2 unspecified atom stereocenters. The molecule has 0 radical (unpaired) electrons. The van der Waals surface area contributed by atoms with E-state index in [4.69, 9.17) is 9.84 Å². The molecule has 2 heteroatoms. The molecule has 0 aliphatic heterocycles. The second kappa shape index (κ2) is 6.47. The first-order valence-corrected chi connectivity index (χ1v) is 6.65. The number of hydrogen-bond acceptors (Lipinski definition) is 2. The van der Waals surface area contributed by atoms with E-state index in [1.807, 2.05) is 24.3 Å². The zero-order valence-corrected chi connectivity index (χ0v) is 10.9. The van der Waals surface area contributed by atoms with Crippen molar-refractivity contribution in [1.29, 1.82) is 0 Å². The third-order valence-electron chi connectivity index (χ3n) is 3.37. The highest BCUT2D eigenvalue weighted by atomic mass is 16.5. The molecule has 0 aromatic heterocycles. The molecule has 1 aliphatic rings. The van der Waals surface area contributed by atoms with E-state index >= 15 is 0 Å². The maximum absolute atomic E-state index is 8.76. The van der Waals surface area contributed by atoms with Crippen LogP contribution in [0.5, 0.6) is 5.75 Å². The summed E-state index contributed by atoms with van der Waals surface area (Å²) >= 11 is 0. The summed E-state index contributed by atoms with van der Waals surface area (Å²) in [6.45, 7) is 2.17. The molecule has 18 heavy (non-hydrogen) atoms. The first kappa shape index (κ1) is 13.0. The van der Waals surface area contributed by atoms with Gasteiger partial charge in [0.2, 0.25) is 0 Å². The Morgan fingerprint density at radius 1 is 1.33 bits per heavy atom. The summed E-state index contributed by atoms with van der Waals surface area (Å²) in [5.41, 5.74) is 0.866. The Kier molecular flexibility index (Phi) is 4.66. The molecule has 1 N–H and O–H groups in total. The first-order chi connectivity index (χ1) is 8.79. The normalized spacial score (nSPS) is 23.0. The fraction of sp³-hybridized carbons (Fsp3) is 0.500. The molecule has 0 saturated heterocycles. The second-order valence-electron chi connectivity index (χ2n) is 4.97. The molecule has 0 amide bonds. The highest BCUT2D eigenvalue weighted by Crippen LogP contribution is 2.28. The SMILES string of the molecule is CC1CCCC(Oc2ccccc2C#CCO)C1. The average Bonchev–Trinajstić information content (AvgIpc) is 2.38. The Bertz CT molecular complexity index is 442. The van der Waals surface area contributed by atoms with Gasteiger partial charge in [0, 0.05) is 0 Å². The molecule has 1 aromatic carbocycles. The predicted octanol–water partition coefficient (Wildman–Crippen LogP) is 2.99. The Balaban J connectivity index is 2.08. The molecule has 1 aliphatic carbocycles. The number of hydrogen-bond donors (Lipinski definition) is 1. The maximum atomic E-state index is 8.76. The van der Waals surface area contributed by atoms with Crippen molar-refractivity contribution in [3.63, 3.8) is 0 Å². The summed E-state index contributed by atoms with van der Waals surface area (Å²) in [6.07, 6.45) is 5.13. The van der Waals surface area contributed by atoms with Crippen molar-refractivity contribution in [3.05, 3.63) is 29.8 Å². The molecule has 2 nitrogen and oxygen atoms in total. The van der Waals surface area contributed by atoms with Gasteiger partial charge in [-0.3, -0.25) is 0 Å². The number of rotatable bonds is 2. The Morgan fingerprint density at radius 3 is 2.94 bits per heavy atom. The predicted molar refractivity (Wildman–Crippen MR) is 72.5 cm³/mol. The summed E-state index contributed by atoms with van der Waals surface area (Å²) in [4.78, 5) is 0. The third-order valence-corrected chi connectivity index (χ3v) is 3.37. The minimum Gasteiger partial charge on any atom is -0.489 e. The van der Waals surface area contributed by atoms with E-state index < -0.39 is 0 Å². The van der Waals surface area contributed by atoms with Crippen LogP contribution < -0.4 is 4.74 Å². The molecule has 0 spiro atoms. The van der Waals surface area contributed by atoms with Crippen LogP contribution in [-0.2, 0) is 0 Å². The second-order valence-corrected chi connectivity index (χ2v) is 4.97. The molecular formula is C16H20O2. The van der Waals surface area contributed by atoms with Crippen molar-refractivity contribution >= 4 is 0 Å². The average molecular weight is 244 g/mol. The van der Waals surface area contributed by atoms with E-state index in [-0.39, 0.29) is 6.61 Å². The molecule has 2 rings (SSSR count). The minimum atomic E-state index is -0.116. The highest BCUT2D eigenvalue weighted by Gasteiger charge is 2.20. The maximum Gasteiger partial charge on any atom is 0.135 e. The van der Waals surface area contributed by atoms with Gasteiger partial charge in [0.1, 0.15) is 12.4 Å². The Labute approximate surface area is 109 Å². The lowest BCUT2D eigenvalue weighted by Crippen LogP contribution is -2.24. The van der Waals surface area contributed by atoms with E-state index in [0.717, 1.165) is 30.1 Å². The van der Waals surface area contributed by atoms with Gasteiger partial charge in [-0.25, -0.2) is 0 Å². The van der Waals surface area contributed by atoms with Crippen molar-refractivity contribution in [2.45, 2.75) is 38.7 Å². The Morgan fingerprint density at radius 2 is 2.17 bits per heavy atom. The number of benzene rings is 1. The van der Waals surface area contributed by atoms with Crippen molar-refractivity contribution in [2.24, 2.45) is 5.92 Å². The monoisotopic (exact) mass is 244 g/mol. The quantitative estimate of drug-likeness (QED) is 0.810. The largest absolute Gasteiger partial charge is 0.489 e. The fourth-order valence-electron chi connectivity index (χ4n) is 2.47. The van der Waals surface area contributed by atoms with Crippen LogP contribution in [-0.4, -0.2) is 17.8 Å². The van der Waals surface area contributed by atoms with Gasteiger partial charge in [-0.2, -0.15) is 0 Å². The zero-order valence-electron chi connectivity index (χ0n) is 10.9. The molecular weight excluding hydrogens is 224 g/mol. The van der Waals surface area contributed by atoms with E-state index in [2.05, 4.69) is 18.8 Å². The zero-order chi connectivity index (χ0) is 12.8. The summed E-state index contributed by atoms with van der Waals surface area (Å²) in [5, 5.41) is 8.76. The van der Waals surface area contributed by atoms with E-state index in [1.54, 1.807) is 0 Å². The van der Waals surface area contributed by atoms with Crippen LogP contribution >= 0.6 is 0 Å². The summed E-state index contributed by atoms with van der Waals surface area (Å²) in [6, 6.07) is 7.80. The topological polar surface area (TPSA) is 29.5 Å². The molecule has 1 aromatic rings. The minimum absolute atomic E-state index is 0.116. The van der Waals surface area contributed by atoms with Crippen molar-refractivity contribution in [3.8, 4) is 17.6 Å². The number of aliphatic hydroxyl groups is 1. The van der Waals surface area contributed by atoms with Crippen LogP contribution in [0.3, 0.4) is 0 Å². The van der Waals surface area contributed by atoms with Gasteiger partial charge < -0.3 is 9.84 Å². The van der Waals surface area contributed by atoms with Crippen molar-refractivity contribution in [1.82, 2.24) is 0 Å². The Hall–Kier alpha value is -1.46. The summed E-state index contributed by atoms with van der Waals surface area (Å²) in [5.74, 6) is 7.21. The van der Waals surface area contributed by atoms with Crippen molar-refractivity contribution < 1.29 is 9.84 Å². The van der Waals surface area contributed by atoms with Gasteiger partial charge >= 0.3 is 0 Å². The van der Waals surface area contributed by atoms with Crippen LogP contribution in [0.25, 0.3) is 0 Å². The molecule has 2 atom stereocenters. The van der Waals surface area contributed by atoms with Gasteiger partial charge in [0.25, 0.3) is 0 Å². The number of ether oxygens (including phenoxy) is 1. The summed E-state index contributed by atoms with van der Waals surface area (Å²) in [7, 11) is 0.